The first kappa shape index (κ1) is 13.0. The highest BCUT2D eigenvalue weighted by atomic mass is 16.5. The van der Waals surface area contributed by atoms with Crippen LogP contribution in [0.2, 0.25) is 0 Å². The molecule has 0 radical (unpaired) electrons. The molecule has 0 atom stereocenters. The highest BCUT2D eigenvalue weighted by Gasteiger charge is 2.47. The number of nitrogens with two attached hydrogens (primary N) is 1. The van der Waals surface area contributed by atoms with E-state index in [0.29, 0.717) is 0 Å². The molecule has 2 saturated heterocycles. The molecule has 0 aliphatic carbocycles. The van der Waals surface area contributed by atoms with E-state index in [1.807, 2.05) is 18.5 Å². The molecule has 2 fully saturated rings. The van der Waals surface area contributed by atoms with Crippen LogP contribution in [0.15, 0.2) is 24.5 Å². The van der Waals surface area contributed by atoms with E-state index in [1.165, 1.54) is 31.5 Å². The molecule has 19 heavy (non-hydrogen) atoms. The van der Waals surface area contributed by atoms with Crippen molar-refractivity contribution >= 4 is 0 Å². The lowest BCUT2D eigenvalue weighted by molar-refractivity contribution is -0.102. The smallest absolute Gasteiger partial charge is 0.0588 e. The maximum absolute atomic E-state index is 5.64. The second kappa shape index (κ2) is 5.57. The van der Waals surface area contributed by atoms with E-state index in [9.17, 15) is 0 Å². The summed E-state index contributed by atoms with van der Waals surface area (Å²) in [6.45, 7) is 5.86. The molecule has 0 bridgehead atoms. The van der Waals surface area contributed by atoms with E-state index in [0.717, 1.165) is 32.2 Å². The van der Waals surface area contributed by atoms with Crippen LogP contribution < -0.4 is 5.73 Å². The third-order valence-corrected chi connectivity index (χ3v) is 4.77. The van der Waals surface area contributed by atoms with Gasteiger partial charge in [0, 0.05) is 30.9 Å². The van der Waals surface area contributed by atoms with Crippen LogP contribution in [0.25, 0.3) is 0 Å². The van der Waals surface area contributed by atoms with Crippen LogP contribution in [0.5, 0.6) is 0 Å². The van der Waals surface area contributed by atoms with Gasteiger partial charge in [-0.1, -0.05) is 6.07 Å². The molecule has 0 spiro atoms. The van der Waals surface area contributed by atoms with E-state index < -0.39 is 0 Å². The lowest BCUT2D eigenvalue weighted by Gasteiger charge is -2.50. The molecule has 2 aliphatic heterocycles. The maximum atomic E-state index is 5.64. The minimum atomic E-state index is 0.225. The quantitative estimate of drug-likeness (QED) is 0.879. The fourth-order valence-corrected chi connectivity index (χ4v) is 3.51. The van der Waals surface area contributed by atoms with E-state index in [-0.39, 0.29) is 5.41 Å². The molecule has 104 valence electrons. The molecule has 0 aromatic carbocycles. The summed E-state index contributed by atoms with van der Waals surface area (Å²) in [6.07, 6.45) is 6.37. The van der Waals surface area contributed by atoms with Gasteiger partial charge in [-0.2, -0.15) is 0 Å². The number of hydrogen-bond acceptors (Lipinski definition) is 4. The van der Waals surface area contributed by atoms with Gasteiger partial charge in [-0.05, 0) is 43.5 Å². The van der Waals surface area contributed by atoms with Gasteiger partial charge in [0.15, 0.2) is 0 Å². The third-order valence-electron chi connectivity index (χ3n) is 4.77. The monoisotopic (exact) mass is 261 g/mol. The number of hydrogen-bond donors (Lipinski definition) is 1. The Morgan fingerprint density at radius 2 is 2.16 bits per heavy atom. The van der Waals surface area contributed by atoms with Crippen molar-refractivity contribution < 1.29 is 4.74 Å². The van der Waals surface area contributed by atoms with Crippen molar-refractivity contribution in [1.82, 2.24) is 9.88 Å². The fraction of sp³-hybridized carbons (Fsp3) is 0.667. The van der Waals surface area contributed by atoms with Gasteiger partial charge in [0.2, 0.25) is 0 Å². The van der Waals surface area contributed by atoms with Gasteiger partial charge in [-0.3, -0.25) is 4.98 Å². The van der Waals surface area contributed by atoms with Crippen LogP contribution in [0.3, 0.4) is 0 Å². The van der Waals surface area contributed by atoms with E-state index in [2.05, 4.69) is 16.0 Å². The number of rotatable bonds is 4. The number of nitrogens with zero attached hydrogens (tertiary/aromatic N) is 2. The third kappa shape index (κ3) is 2.40. The first-order chi connectivity index (χ1) is 9.35. The van der Waals surface area contributed by atoms with Crippen LogP contribution in [-0.4, -0.2) is 49.3 Å². The predicted octanol–water partition coefficient (Wildman–Crippen LogP) is 1.02. The summed E-state index contributed by atoms with van der Waals surface area (Å²) in [6, 6.07) is 4.25. The highest BCUT2D eigenvalue weighted by Crippen LogP contribution is 2.43. The molecule has 2 aliphatic rings. The van der Waals surface area contributed by atoms with Gasteiger partial charge < -0.3 is 15.4 Å². The van der Waals surface area contributed by atoms with Crippen LogP contribution in [-0.2, 0) is 10.2 Å². The molecule has 0 saturated carbocycles. The summed E-state index contributed by atoms with van der Waals surface area (Å²) in [7, 11) is 0. The summed E-state index contributed by atoms with van der Waals surface area (Å²) in [5.41, 5.74) is 7.22. The zero-order valence-corrected chi connectivity index (χ0v) is 11.4. The number of pyridine rings is 1. The molecule has 0 amide bonds. The first-order valence-electron chi connectivity index (χ1n) is 7.26. The normalized spacial score (nSPS) is 24.1. The summed E-state index contributed by atoms with van der Waals surface area (Å²) >= 11 is 0. The van der Waals surface area contributed by atoms with Crippen LogP contribution in [0.1, 0.15) is 18.4 Å². The predicted molar refractivity (Wildman–Crippen MR) is 75.0 cm³/mol. The van der Waals surface area contributed by atoms with Gasteiger partial charge in [-0.25, -0.2) is 0 Å². The maximum Gasteiger partial charge on any atom is 0.0588 e. The Labute approximate surface area is 115 Å². The second-order valence-electron chi connectivity index (χ2n) is 5.80. The van der Waals surface area contributed by atoms with Crippen LogP contribution >= 0.6 is 0 Å². The molecule has 3 heterocycles. The number of piperidine rings is 1. The average molecular weight is 261 g/mol. The largest absolute Gasteiger partial charge is 0.379 e. The summed E-state index contributed by atoms with van der Waals surface area (Å²) in [5.74, 6) is 0.722. The lowest BCUT2D eigenvalue weighted by atomic mass is 9.65. The molecule has 1 aromatic rings. The standard InChI is InChI=1S/C15H23N3O/c16-5-9-18-7-3-13(4-8-18)15(11-19-12-15)14-2-1-6-17-10-14/h1-2,6,10,13H,3-5,7-9,11-12,16H2. The Morgan fingerprint density at radius 3 is 2.68 bits per heavy atom. The minimum absolute atomic E-state index is 0.225. The highest BCUT2D eigenvalue weighted by molar-refractivity contribution is 5.26. The number of ether oxygens (including phenoxy) is 1. The first-order valence-corrected chi connectivity index (χ1v) is 7.26. The number of aromatic nitrogens is 1. The van der Waals surface area contributed by atoms with Crippen molar-refractivity contribution in [2.75, 3.05) is 39.4 Å². The topological polar surface area (TPSA) is 51.4 Å². The zero-order chi connectivity index (χ0) is 13.1. The van der Waals surface area contributed by atoms with Crippen molar-refractivity contribution in [2.24, 2.45) is 11.7 Å². The van der Waals surface area contributed by atoms with Gasteiger partial charge in [0.05, 0.1) is 13.2 Å². The second-order valence-corrected chi connectivity index (χ2v) is 5.80. The fourth-order valence-electron chi connectivity index (χ4n) is 3.51. The van der Waals surface area contributed by atoms with Crippen molar-refractivity contribution in [2.45, 2.75) is 18.3 Å². The molecule has 0 unspecified atom stereocenters. The Hall–Kier alpha value is -0.970. The molecule has 2 N–H and O–H groups in total. The van der Waals surface area contributed by atoms with Crippen molar-refractivity contribution in [1.29, 1.82) is 0 Å². The number of likely N-dealkylation sites (tertiary alicyclic amines) is 1. The molecule has 3 rings (SSSR count). The van der Waals surface area contributed by atoms with Crippen molar-refractivity contribution in [3.63, 3.8) is 0 Å². The molecule has 1 aromatic heterocycles. The van der Waals surface area contributed by atoms with Gasteiger partial charge in [-0.15, -0.1) is 0 Å². The SMILES string of the molecule is NCCN1CCC(C2(c3cccnc3)COC2)CC1. The molecule has 4 heteroatoms. The van der Waals surface area contributed by atoms with E-state index in [1.54, 1.807) is 0 Å². The molecule has 4 nitrogen and oxygen atoms in total. The Bertz CT molecular complexity index is 397. The Balaban J connectivity index is 1.70. The zero-order valence-electron chi connectivity index (χ0n) is 11.4. The van der Waals surface area contributed by atoms with Crippen LogP contribution in [0, 0.1) is 5.92 Å². The summed E-state index contributed by atoms with van der Waals surface area (Å²) < 4.78 is 5.56. The molecular formula is C15H23N3O. The minimum Gasteiger partial charge on any atom is -0.379 e. The summed E-state index contributed by atoms with van der Waals surface area (Å²) in [5, 5.41) is 0. The van der Waals surface area contributed by atoms with E-state index in [4.69, 9.17) is 10.5 Å². The Kier molecular flexibility index (Phi) is 3.82. The molecular weight excluding hydrogens is 238 g/mol. The van der Waals surface area contributed by atoms with E-state index >= 15 is 0 Å². The van der Waals surface area contributed by atoms with Gasteiger partial charge in [0.25, 0.3) is 0 Å². The van der Waals surface area contributed by atoms with Crippen LogP contribution in [0.4, 0.5) is 0 Å². The van der Waals surface area contributed by atoms with Crippen molar-refractivity contribution in [3.8, 4) is 0 Å². The van der Waals surface area contributed by atoms with Gasteiger partial charge >= 0.3 is 0 Å². The lowest BCUT2D eigenvalue weighted by Crippen LogP contribution is -2.55. The summed E-state index contributed by atoms with van der Waals surface area (Å²) in [4.78, 5) is 6.77. The Morgan fingerprint density at radius 1 is 1.37 bits per heavy atom. The van der Waals surface area contributed by atoms with Gasteiger partial charge in [0.1, 0.15) is 0 Å². The average Bonchev–Trinajstić information content (AvgIpc) is 2.41. The van der Waals surface area contributed by atoms with Crippen molar-refractivity contribution in [3.05, 3.63) is 30.1 Å².